The van der Waals surface area contributed by atoms with E-state index in [1.165, 1.54) is 11.1 Å². The quantitative estimate of drug-likeness (QED) is 0.572. The van der Waals surface area contributed by atoms with Crippen LogP contribution in [-0.2, 0) is 4.79 Å². The average Bonchev–Trinajstić information content (AvgIpc) is 2.22. The summed E-state index contributed by atoms with van der Waals surface area (Å²) in [5.74, 6) is -0.734. The maximum absolute atomic E-state index is 11.6. The van der Waals surface area contributed by atoms with Crippen molar-refractivity contribution in [2.45, 2.75) is 62.3 Å². The Morgan fingerprint density at radius 3 is 1.86 bits per heavy atom. The third-order valence-electron chi connectivity index (χ3n) is 5.71. The molecule has 2 nitrogen and oxygen atoms in total. The summed E-state index contributed by atoms with van der Waals surface area (Å²) < 4.78 is 0. The van der Waals surface area contributed by atoms with Gasteiger partial charge in [-0.1, -0.05) is 58.8 Å². The van der Waals surface area contributed by atoms with Gasteiger partial charge in [-0.2, -0.15) is 0 Å². The van der Waals surface area contributed by atoms with Crippen LogP contribution < -0.4 is 34.7 Å². The second-order valence-corrected chi connectivity index (χ2v) is 8.13. The minimum Gasteiger partial charge on any atom is -0.545 e. The van der Waals surface area contributed by atoms with Crippen LogP contribution in [0.3, 0.4) is 0 Å². The first kappa shape index (κ1) is 20.9. The number of hydrogen-bond donors (Lipinski definition) is 0. The normalized spacial score (nSPS) is 25.4. The SMILES string of the molecule is CC(C)=C(C)C1C(C)(C)C=C(C(=O)[O-])C(C)(C)C1(C)C.[HH].[HH].[HH].[Na+]. The standard InChI is InChI=1S/C18H30O2.Na.3H2/c1-11(2)12(3)14-16(4,5)10-13(15(19)20)17(6,7)18(14,8)9;;;;/h10,14H,1-9H3,(H,19,20);;3*1H/q;+1;;;/p-1. The molecule has 1 unspecified atom stereocenters. The van der Waals surface area contributed by atoms with Crippen LogP contribution in [0.1, 0.15) is 66.6 Å². The fourth-order valence-corrected chi connectivity index (χ4v) is 3.98. The Balaban J connectivity index is -0.000000500. The molecule has 0 aromatic rings. The minimum absolute atomic E-state index is 0. The van der Waals surface area contributed by atoms with Crippen LogP contribution in [0.25, 0.3) is 0 Å². The molecule has 1 aliphatic carbocycles. The Morgan fingerprint density at radius 2 is 1.52 bits per heavy atom. The van der Waals surface area contributed by atoms with Gasteiger partial charge in [0.1, 0.15) is 0 Å². The van der Waals surface area contributed by atoms with Gasteiger partial charge in [0.15, 0.2) is 0 Å². The van der Waals surface area contributed by atoms with Crippen molar-refractivity contribution >= 4 is 5.97 Å². The van der Waals surface area contributed by atoms with Gasteiger partial charge < -0.3 is 9.90 Å². The molecule has 0 fully saturated rings. The molecule has 0 aliphatic heterocycles. The smallest absolute Gasteiger partial charge is 0.545 e. The van der Waals surface area contributed by atoms with Gasteiger partial charge in [-0.05, 0) is 48.5 Å². The molecule has 0 radical (unpaired) electrons. The molecule has 1 aliphatic rings. The van der Waals surface area contributed by atoms with Crippen LogP contribution in [0.15, 0.2) is 22.8 Å². The number of carbonyl (C=O) groups is 1. The van der Waals surface area contributed by atoms with Crippen LogP contribution in [-0.4, -0.2) is 5.97 Å². The van der Waals surface area contributed by atoms with Crippen molar-refractivity contribution in [2.24, 2.45) is 22.2 Å². The number of hydrogen-bond acceptors (Lipinski definition) is 2. The van der Waals surface area contributed by atoms with Gasteiger partial charge in [-0.25, -0.2) is 0 Å². The number of carboxylic acids is 1. The predicted molar refractivity (Wildman–Crippen MR) is 88.3 cm³/mol. The van der Waals surface area contributed by atoms with Gasteiger partial charge in [-0.3, -0.25) is 0 Å². The summed E-state index contributed by atoms with van der Waals surface area (Å²) in [6, 6.07) is 0. The third kappa shape index (κ3) is 3.33. The van der Waals surface area contributed by atoms with E-state index in [2.05, 4.69) is 48.5 Å². The Bertz CT molecular complexity index is 502. The molecule has 0 spiro atoms. The van der Waals surface area contributed by atoms with Crippen LogP contribution in [0.4, 0.5) is 0 Å². The molecule has 0 saturated heterocycles. The summed E-state index contributed by atoms with van der Waals surface area (Å²) >= 11 is 0. The summed E-state index contributed by atoms with van der Waals surface area (Å²) in [5, 5.41) is 11.6. The van der Waals surface area contributed by atoms with Crippen molar-refractivity contribution in [3.63, 3.8) is 0 Å². The first-order valence-electron chi connectivity index (χ1n) is 7.35. The first-order chi connectivity index (χ1) is 8.76. The zero-order valence-electron chi connectivity index (χ0n) is 15.5. The summed E-state index contributed by atoms with van der Waals surface area (Å²) in [6.45, 7) is 19.1. The molecular formula is C18H35NaO2. The molecular weight excluding hydrogens is 271 g/mol. The van der Waals surface area contributed by atoms with E-state index in [1.807, 2.05) is 19.9 Å². The monoisotopic (exact) mass is 306 g/mol. The number of rotatable bonds is 2. The van der Waals surface area contributed by atoms with Gasteiger partial charge in [0, 0.05) is 4.28 Å². The molecule has 0 aromatic carbocycles. The molecule has 21 heavy (non-hydrogen) atoms. The molecule has 0 aromatic heterocycles. The molecule has 120 valence electrons. The summed E-state index contributed by atoms with van der Waals surface area (Å²) in [7, 11) is 0. The minimum atomic E-state index is -1.04. The molecule has 0 heterocycles. The van der Waals surface area contributed by atoms with Crippen molar-refractivity contribution in [3.8, 4) is 0 Å². The number of carboxylic acid groups (broad SMARTS) is 1. The molecule has 1 atom stereocenters. The molecule has 0 amide bonds. The Labute approximate surface area is 156 Å². The molecule has 0 bridgehead atoms. The number of aliphatic carboxylic acids is 1. The molecule has 1 rings (SSSR count). The fraction of sp³-hybridized carbons (Fsp3) is 0.722. The Kier molecular flexibility index (Phi) is 6.20. The Hall–Kier alpha value is -0.0500. The van der Waals surface area contributed by atoms with Crippen molar-refractivity contribution < 1.29 is 43.7 Å². The zero-order valence-corrected chi connectivity index (χ0v) is 17.5. The summed E-state index contributed by atoms with van der Waals surface area (Å²) in [5.41, 5.74) is 2.32. The van der Waals surface area contributed by atoms with Gasteiger partial charge in [-0.15, -0.1) is 0 Å². The molecule has 0 saturated carbocycles. The van der Waals surface area contributed by atoms with E-state index in [4.69, 9.17) is 0 Å². The van der Waals surface area contributed by atoms with E-state index >= 15 is 0 Å². The van der Waals surface area contributed by atoms with E-state index in [-0.39, 0.29) is 44.7 Å². The van der Waals surface area contributed by atoms with Crippen LogP contribution in [0.5, 0.6) is 0 Å². The van der Waals surface area contributed by atoms with Gasteiger partial charge >= 0.3 is 29.6 Å². The van der Waals surface area contributed by atoms with Gasteiger partial charge in [0.25, 0.3) is 0 Å². The predicted octanol–water partition coefficient (Wildman–Crippen LogP) is 1.47. The average molecular weight is 306 g/mol. The second-order valence-electron chi connectivity index (χ2n) is 8.13. The number of carbonyl (C=O) groups excluding carboxylic acids is 1. The van der Waals surface area contributed by atoms with Crippen LogP contribution in [0, 0.1) is 22.2 Å². The maximum Gasteiger partial charge on any atom is 1.00 e. The topological polar surface area (TPSA) is 40.1 Å². The van der Waals surface area contributed by atoms with Crippen molar-refractivity contribution in [1.82, 2.24) is 0 Å². The molecule has 3 heteroatoms. The van der Waals surface area contributed by atoms with E-state index in [0.717, 1.165) is 0 Å². The molecule has 0 N–H and O–H groups in total. The van der Waals surface area contributed by atoms with Crippen molar-refractivity contribution in [2.75, 3.05) is 0 Å². The van der Waals surface area contributed by atoms with Crippen LogP contribution in [0.2, 0.25) is 0 Å². The number of allylic oxidation sites excluding steroid dienone is 3. The fourth-order valence-electron chi connectivity index (χ4n) is 3.98. The van der Waals surface area contributed by atoms with Gasteiger partial charge in [0.05, 0.1) is 5.97 Å². The Morgan fingerprint density at radius 1 is 1.10 bits per heavy atom. The second kappa shape index (κ2) is 6.22. The largest absolute Gasteiger partial charge is 1.00 e. The maximum atomic E-state index is 11.6. The van der Waals surface area contributed by atoms with E-state index in [1.54, 1.807) is 0 Å². The summed E-state index contributed by atoms with van der Waals surface area (Å²) in [6.07, 6.45) is 1.92. The van der Waals surface area contributed by atoms with Crippen molar-refractivity contribution in [3.05, 3.63) is 22.8 Å². The van der Waals surface area contributed by atoms with E-state index < -0.39 is 11.4 Å². The van der Waals surface area contributed by atoms with Crippen molar-refractivity contribution in [1.29, 1.82) is 0 Å². The van der Waals surface area contributed by atoms with E-state index in [9.17, 15) is 9.90 Å². The van der Waals surface area contributed by atoms with E-state index in [0.29, 0.717) is 11.5 Å². The van der Waals surface area contributed by atoms with Gasteiger partial charge in [0.2, 0.25) is 0 Å². The first-order valence-corrected chi connectivity index (χ1v) is 7.35. The zero-order chi connectivity index (χ0) is 16.1. The van der Waals surface area contributed by atoms with Crippen LogP contribution >= 0.6 is 0 Å². The summed E-state index contributed by atoms with van der Waals surface area (Å²) in [4.78, 5) is 11.6. The third-order valence-corrected chi connectivity index (χ3v) is 5.71.